The van der Waals surface area contributed by atoms with Gasteiger partial charge in [0.2, 0.25) is 5.89 Å². The highest BCUT2D eigenvalue weighted by Crippen LogP contribution is 2.29. The Hall–Kier alpha value is -2.08. The summed E-state index contributed by atoms with van der Waals surface area (Å²) in [5.41, 5.74) is 2.28. The summed E-state index contributed by atoms with van der Waals surface area (Å²) < 4.78 is 11.4. The minimum Gasteiger partial charge on any atom is -0.457 e. The maximum absolute atomic E-state index is 12.4. The molecule has 1 atom stereocenters. The van der Waals surface area contributed by atoms with Crippen molar-refractivity contribution < 1.29 is 13.9 Å². The smallest absolute Gasteiger partial charge is 0.338 e. The zero-order valence-electron chi connectivity index (χ0n) is 14.0. The quantitative estimate of drug-likeness (QED) is 0.608. The number of nitrogens with zero attached hydrogens (tertiary/aromatic N) is 2. The van der Waals surface area contributed by atoms with E-state index in [-0.39, 0.29) is 12.1 Å². The van der Waals surface area contributed by atoms with Crippen molar-refractivity contribution >= 4 is 40.3 Å². The van der Waals surface area contributed by atoms with Crippen molar-refractivity contribution in [3.05, 3.63) is 52.0 Å². The highest BCUT2D eigenvalue weighted by Gasteiger charge is 2.24. The molecule has 0 spiro atoms. The van der Waals surface area contributed by atoms with Gasteiger partial charge < -0.3 is 14.1 Å². The average Bonchev–Trinajstić information content (AvgIpc) is 3.19. The first-order chi connectivity index (χ1) is 12.5. The van der Waals surface area contributed by atoms with Crippen LogP contribution < -0.4 is 0 Å². The predicted molar refractivity (Wildman–Crippen MR) is 101 cm³/mol. The van der Waals surface area contributed by atoms with Crippen molar-refractivity contribution in [1.29, 1.82) is 0 Å². The van der Waals surface area contributed by atoms with Gasteiger partial charge in [-0.3, -0.25) is 0 Å². The molecule has 3 aromatic rings. The normalized spacial score (nSPS) is 17.7. The van der Waals surface area contributed by atoms with Crippen molar-refractivity contribution in [2.75, 3.05) is 20.1 Å². The number of ether oxygens (including phenoxy) is 1. The zero-order valence-corrected chi connectivity index (χ0v) is 15.5. The van der Waals surface area contributed by atoms with Crippen LogP contribution in [0, 0.1) is 0 Å². The van der Waals surface area contributed by atoms with Gasteiger partial charge in [0.15, 0.2) is 5.58 Å². The molecule has 1 aliphatic rings. The number of carbonyl (C=O) groups excluding carboxylic acids is 1. The first-order valence-electron chi connectivity index (χ1n) is 8.24. The lowest BCUT2D eigenvalue weighted by atomic mass is 10.2. The van der Waals surface area contributed by atoms with Gasteiger partial charge >= 0.3 is 5.97 Å². The molecule has 0 saturated carbocycles. The molecule has 5 nitrogen and oxygen atoms in total. The van der Waals surface area contributed by atoms with E-state index >= 15 is 0 Å². The number of benzene rings is 2. The molecule has 1 aliphatic heterocycles. The fourth-order valence-corrected chi connectivity index (χ4v) is 3.59. The molecule has 1 saturated heterocycles. The van der Waals surface area contributed by atoms with Crippen LogP contribution in [0.4, 0.5) is 0 Å². The number of aromatic nitrogens is 1. The Morgan fingerprint density at radius 3 is 2.69 bits per heavy atom. The molecule has 134 valence electrons. The van der Waals surface area contributed by atoms with Gasteiger partial charge in [0.05, 0.1) is 5.56 Å². The third-order valence-electron chi connectivity index (χ3n) is 4.36. The highest BCUT2D eigenvalue weighted by atomic mass is 35.5. The number of oxazole rings is 1. The summed E-state index contributed by atoms with van der Waals surface area (Å²) >= 11 is 12.1. The second-order valence-electron chi connectivity index (χ2n) is 6.44. The van der Waals surface area contributed by atoms with Crippen molar-refractivity contribution in [3.63, 3.8) is 0 Å². The Balaban J connectivity index is 1.60. The molecule has 1 aromatic heterocycles. The Bertz CT molecular complexity index is 966. The number of hydrogen-bond donors (Lipinski definition) is 0. The molecular weight excluding hydrogens is 375 g/mol. The van der Waals surface area contributed by atoms with Crippen LogP contribution >= 0.6 is 23.2 Å². The molecule has 1 unspecified atom stereocenters. The van der Waals surface area contributed by atoms with Crippen LogP contribution in [0.15, 0.2) is 40.8 Å². The summed E-state index contributed by atoms with van der Waals surface area (Å²) in [6, 6.07) is 10.2. The molecule has 0 N–H and O–H groups in total. The highest BCUT2D eigenvalue weighted by molar-refractivity contribution is 6.35. The maximum atomic E-state index is 12.4. The number of hydrogen-bond acceptors (Lipinski definition) is 5. The van der Waals surface area contributed by atoms with Crippen molar-refractivity contribution in [2.45, 2.75) is 12.5 Å². The minimum atomic E-state index is -0.351. The summed E-state index contributed by atoms with van der Waals surface area (Å²) in [7, 11) is 2.01. The molecule has 0 aliphatic carbocycles. The zero-order chi connectivity index (χ0) is 18.3. The first kappa shape index (κ1) is 17.3. The lowest BCUT2D eigenvalue weighted by molar-refractivity contribution is 0.0327. The van der Waals surface area contributed by atoms with Crippen LogP contribution in [-0.4, -0.2) is 42.1 Å². The Morgan fingerprint density at radius 1 is 1.23 bits per heavy atom. The van der Waals surface area contributed by atoms with E-state index in [4.69, 9.17) is 32.4 Å². The van der Waals surface area contributed by atoms with E-state index in [2.05, 4.69) is 9.88 Å². The van der Waals surface area contributed by atoms with E-state index in [1.807, 2.05) is 7.05 Å². The summed E-state index contributed by atoms with van der Waals surface area (Å²) in [5.74, 6) is 0.0447. The summed E-state index contributed by atoms with van der Waals surface area (Å²) in [4.78, 5) is 19.0. The topological polar surface area (TPSA) is 55.6 Å². The minimum absolute atomic E-state index is 0.0675. The average molecular weight is 391 g/mol. The molecule has 7 heteroatoms. The van der Waals surface area contributed by atoms with Crippen LogP contribution in [-0.2, 0) is 4.74 Å². The number of halogens is 2. The van der Waals surface area contributed by atoms with Gasteiger partial charge in [-0.2, -0.15) is 0 Å². The number of rotatable bonds is 3. The first-order valence-corrected chi connectivity index (χ1v) is 9.00. The molecule has 2 heterocycles. The van der Waals surface area contributed by atoms with Gasteiger partial charge in [-0.25, -0.2) is 9.78 Å². The standard InChI is InChI=1S/C19H16Cl2N2O3/c1-23-5-4-15(10-23)25-19(24)11-2-3-16-17(8-11)26-18(22-16)12-6-13(20)9-14(21)7-12/h2-3,6-9,15H,4-5,10H2,1H3. The number of esters is 1. The van der Waals surface area contributed by atoms with Gasteiger partial charge in [0, 0.05) is 28.7 Å². The SMILES string of the molecule is CN1CCC(OC(=O)c2ccc3nc(-c4cc(Cl)cc(Cl)c4)oc3c2)C1. The largest absolute Gasteiger partial charge is 0.457 e. The van der Waals surface area contributed by atoms with Crippen LogP contribution in [0.25, 0.3) is 22.6 Å². The third kappa shape index (κ3) is 3.56. The van der Waals surface area contributed by atoms with E-state index in [1.54, 1.807) is 36.4 Å². The van der Waals surface area contributed by atoms with Crippen molar-refractivity contribution in [3.8, 4) is 11.5 Å². The molecule has 4 rings (SSSR count). The molecule has 26 heavy (non-hydrogen) atoms. The van der Waals surface area contributed by atoms with Gasteiger partial charge in [0.25, 0.3) is 0 Å². The van der Waals surface area contributed by atoms with Gasteiger partial charge in [0.1, 0.15) is 11.6 Å². The fraction of sp³-hybridized carbons (Fsp3) is 0.263. The fourth-order valence-electron chi connectivity index (χ4n) is 3.06. The molecule has 0 radical (unpaired) electrons. The Morgan fingerprint density at radius 2 is 2.00 bits per heavy atom. The van der Waals surface area contributed by atoms with E-state index in [0.717, 1.165) is 19.5 Å². The van der Waals surface area contributed by atoms with E-state index in [9.17, 15) is 4.79 Å². The summed E-state index contributed by atoms with van der Waals surface area (Å²) in [5, 5.41) is 1.00. The second kappa shape index (κ2) is 6.91. The Kier molecular flexibility index (Phi) is 4.61. The lowest BCUT2D eigenvalue weighted by Crippen LogP contribution is -2.22. The van der Waals surface area contributed by atoms with E-state index in [0.29, 0.717) is 38.2 Å². The third-order valence-corrected chi connectivity index (χ3v) is 4.79. The second-order valence-corrected chi connectivity index (χ2v) is 7.31. The maximum Gasteiger partial charge on any atom is 0.338 e. The molecule has 0 amide bonds. The van der Waals surface area contributed by atoms with Crippen molar-refractivity contribution in [2.24, 2.45) is 0 Å². The molecule has 0 bridgehead atoms. The summed E-state index contributed by atoms with van der Waals surface area (Å²) in [6.07, 6.45) is 0.786. The van der Waals surface area contributed by atoms with Crippen molar-refractivity contribution in [1.82, 2.24) is 9.88 Å². The van der Waals surface area contributed by atoms with Crippen LogP contribution in [0.1, 0.15) is 16.8 Å². The van der Waals surface area contributed by atoms with Gasteiger partial charge in [-0.1, -0.05) is 23.2 Å². The van der Waals surface area contributed by atoms with Crippen LogP contribution in [0.5, 0.6) is 0 Å². The molecular formula is C19H16Cl2N2O3. The number of likely N-dealkylation sites (N-methyl/N-ethyl adjacent to an activating group) is 1. The van der Waals surface area contributed by atoms with Gasteiger partial charge in [-0.05, 0) is 49.9 Å². The van der Waals surface area contributed by atoms with Crippen LogP contribution in [0.3, 0.4) is 0 Å². The van der Waals surface area contributed by atoms with Gasteiger partial charge in [-0.15, -0.1) is 0 Å². The lowest BCUT2D eigenvalue weighted by Gasteiger charge is -2.12. The predicted octanol–water partition coefficient (Wildman–Crippen LogP) is 4.66. The van der Waals surface area contributed by atoms with E-state index in [1.165, 1.54) is 0 Å². The molecule has 1 fully saturated rings. The molecule has 2 aromatic carbocycles. The summed E-state index contributed by atoms with van der Waals surface area (Å²) in [6.45, 7) is 1.70. The number of carbonyl (C=O) groups is 1. The number of likely N-dealkylation sites (tertiary alicyclic amines) is 1. The monoisotopic (exact) mass is 390 g/mol. The number of fused-ring (bicyclic) bond motifs is 1. The van der Waals surface area contributed by atoms with Crippen LogP contribution in [0.2, 0.25) is 10.0 Å². The Labute approximate surface area is 160 Å². The van der Waals surface area contributed by atoms with E-state index < -0.39 is 0 Å².